The van der Waals surface area contributed by atoms with Gasteiger partial charge >= 0.3 is 0 Å². The minimum Gasteiger partial charge on any atom is -0.302 e. The number of anilines is 1. The Morgan fingerprint density at radius 2 is 1.97 bits per heavy atom. The monoisotopic (exact) mass is 454 g/mol. The number of halogens is 1. The maximum absolute atomic E-state index is 12.8. The van der Waals surface area contributed by atoms with E-state index < -0.39 is 10.0 Å². The van der Waals surface area contributed by atoms with Crippen LogP contribution < -0.4 is 5.32 Å². The van der Waals surface area contributed by atoms with Crippen molar-refractivity contribution in [2.45, 2.75) is 49.8 Å². The minimum absolute atomic E-state index is 0.00820. The molecule has 29 heavy (non-hydrogen) atoms. The largest absolute Gasteiger partial charge is 0.302 e. The SMILES string of the molecule is O=C(Nc1nc2c(s1)CCCCC2)C1CCN(S(=O)(=O)c2cccnc2Cl)CC1. The molecule has 1 aliphatic carbocycles. The molecule has 1 fully saturated rings. The van der Waals surface area contributed by atoms with E-state index in [2.05, 4.69) is 15.3 Å². The molecule has 1 N–H and O–H groups in total. The van der Waals surface area contributed by atoms with Crippen molar-refractivity contribution < 1.29 is 13.2 Å². The number of aromatic nitrogens is 2. The Kier molecular flexibility index (Phi) is 6.19. The van der Waals surface area contributed by atoms with E-state index in [0.717, 1.165) is 25.0 Å². The lowest BCUT2D eigenvalue weighted by molar-refractivity contribution is -0.120. The van der Waals surface area contributed by atoms with Crippen LogP contribution in [0.3, 0.4) is 0 Å². The molecule has 1 saturated heterocycles. The van der Waals surface area contributed by atoms with Crippen molar-refractivity contribution >= 4 is 44.0 Å². The fourth-order valence-electron chi connectivity index (χ4n) is 3.85. The molecule has 10 heteroatoms. The van der Waals surface area contributed by atoms with Gasteiger partial charge in [-0.1, -0.05) is 18.0 Å². The van der Waals surface area contributed by atoms with Crippen LogP contribution in [-0.2, 0) is 27.7 Å². The van der Waals surface area contributed by atoms with Crippen LogP contribution in [0.2, 0.25) is 5.15 Å². The molecule has 2 aromatic rings. The summed E-state index contributed by atoms with van der Waals surface area (Å²) in [6, 6.07) is 3.00. The molecule has 0 radical (unpaired) electrons. The number of hydrogen-bond acceptors (Lipinski definition) is 6. The van der Waals surface area contributed by atoms with E-state index in [9.17, 15) is 13.2 Å². The van der Waals surface area contributed by atoms with Crippen molar-refractivity contribution in [1.29, 1.82) is 0 Å². The van der Waals surface area contributed by atoms with E-state index in [1.54, 1.807) is 17.4 Å². The molecule has 0 saturated carbocycles. The second-order valence-corrected chi connectivity index (χ2v) is 10.8. The van der Waals surface area contributed by atoms with Gasteiger partial charge in [0.25, 0.3) is 0 Å². The van der Waals surface area contributed by atoms with Crippen molar-refractivity contribution in [3.05, 3.63) is 34.1 Å². The normalized spacial score (nSPS) is 18.8. The van der Waals surface area contributed by atoms with Gasteiger partial charge < -0.3 is 5.32 Å². The topological polar surface area (TPSA) is 92.3 Å². The van der Waals surface area contributed by atoms with Crippen LogP contribution in [0.1, 0.15) is 42.7 Å². The van der Waals surface area contributed by atoms with Gasteiger partial charge in [-0.15, -0.1) is 11.3 Å². The molecule has 1 amide bonds. The summed E-state index contributed by atoms with van der Waals surface area (Å²) >= 11 is 7.54. The summed E-state index contributed by atoms with van der Waals surface area (Å²) in [4.78, 5) is 22.4. The van der Waals surface area contributed by atoms with Crippen LogP contribution >= 0.6 is 22.9 Å². The van der Waals surface area contributed by atoms with Crippen LogP contribution in [0.5, 0.6) is 0 Å². The molecular weight excluding hydrogens is 432 g/mol. The number of sulfonamides is 1. The lowest BCUT2D eigenvalue weighted by Crippen LogP contribution is -2.41. The average molecular weight is 455 g/mol. The number of aryl methyl sites for hydroxylation is 2. The van der Waals surface area contributed by atoms with Crippen molar-refractivity contribution in [3.8, 4) is 0 Å². The number of rotatable bonds is 4. The van der Waals surface area contributed by atoms with Crippen molar-refractivity contribution in [1.82, 2.24) is 14.3 Å². The van der Waals surface area contributed by atoms with E-state index in [-0.39, 0.29) is 35.0 Å². The summed E-state index contributed by atoms with van der Waals surface area (Å²) in [7, 11) is -3.71. The molecule has 0 bridgehead atoms. The lowest BCUT2D eigenvalue weighted by atomic mass is 9.97. The lowest BCUT2D eigenvalue weighted by Gasteiger charge is -2.30. The fraction of sp³-hybridized carbons (Fsp3) is 0.526. The third-order valence-corrected chi connectivity index (χ3v) is 8.91. The first-order valence-corrected chi connectivity index (χ1v) is 12.5. The summed E-state index contributed by atoms with van der Waals surface area (Å²) < 4.78 is 27.0. The zero-order valence-electron chi connectivity index (χ0n) is 15.9. The molecule has 0 aromatic carbocycles. The number of pyridine rings is 1. The molecule has 2 aromatic heterocycles. The predicted molar refractivity (Wildman–Crippen MR) is 113 cm³/mol. The van der Waals surface area contributed by atoms with Gasteiger partial charge in [-0.05, 0) is 50.7 Å². The number of carbonyl (C=O) groups excluding carboxylic acids is 1. The molecule has 4 rings (SSSR count). The van der Waals surface area contributed by atoms with Crippen molar-refractivity contribution in [2.75, 3.05) is 18.4 Å². The quantitative estimate of drug-likeness (QED) is 0.563. The van der Waals surface area contributed by atoms with E-state index in [0.29, 0.717) is 18.0 Å². The number of nitrogens with one attached hydrogen (secondary N) is 1. The Morgan fingerprint density at radius 1 is 1.21 bits per heavy atom. The van der Waals surface area contributed by atoms with Gasteiger partial charge in [-0.25, -0.2) is 18.4 Å². The molecule has 2 aliphatic rings. The van der Waals surface area contributed by atoms with Gasteiger partial charge in [0.1, 0.15) is 10.0 Å². The summed E-state index contributed by atoms with van der Waals surface area (Å²) in [5.74, 6) is -0.306. The minimum atomic E-state index is -3.71. The molecule has 1 aliphatic heterocycles. The first kappa shape index (κ1) is 20.7. The Hall–Kier alpha value is -1.55. The Bertz CT molecular complexity index is 977. The van der Waals surface area contributed by atoms with Gasteiger partial charge in [0, 0.05) is 30.1 Å². The zero-order chi connectivity index (χ0) is 20.4. The highest BCUT2D eigenvalue weighted by molar-refractivity contribution is 7.89. The summed E-state index contributed by atoms with van der Waals surface area (Å²) in [6.45, 7) is 0.556. The highest BCUT2D eigenvalue weighted by Crippen LogP contribution is 2.31. The van der Waals surface area contributed by atoms with Crippen LogP contribution in [0.4, 0.5) is 5.13 Å². The third-order valence-electron chi connectivity index (χ3n) is 5.49. The molecule has 7 nitrogen and oxygen atoms in total. The maximum atomic E-state index is 12.8. The number of hydrogen-bond donors (Lipinski definition) is 1. The highest BCUT2D eigenvalue weighted by Gasteiger charge is 2.33. The summed E-state index contributed by atoms with van der Waals surface area (Å²) in [5, 5.41) is 3.59. The fourth-order valence-corrected chi connectivity index (χ4v) is 6.80. The van der Waals surface area contributed by atoms with Gasteiger partial charge in [0.2, 0.25) is 15.9 Å². The molecule has 3 heterocycles. The highest BCUT2D eigenvalue weighted by atomic mass is 35.5. The van der Waals surface area contributed by atoms with E-state index in [1.165, 1.54) is 34.3 Å². The van der Waals surface area contributed by atoms with Gasteiger partial charge in [-0.2, -0.15) is 4.31 Å². The van der Waals surface area contributed by atoms with Crippen LogP contribution in [-0.4, -0.2) is 41.7 Å². The molecule has 0 unspecified atom stereocenters. The van der Waals surface area contributed by atoms with Gasteiger partial charge in [0.15, 0.2) is 5.13 Å². The van der Waals surface area contributed by atoms with E-state index in [1.807, 2.05) is 0 Å². The van der Waals surface area contributed by atoms with Crippen LogP contribution in [0, 0.1) is 5.92 Å². The summed E-state index contributed by atoms with van der Waals surface area (Å²) in [5.41, 5.74) is 1.12. The predicted octanol–water partition coefficient (Wildman–Crippen LogP) is 3.50. The van der Waals surface area contributed by atoms with E-state index in [4.69, 9.17) is 11.6 Å². The first-order chi connectivity index (χ1) is 13.9. The van der Waals surface area contributed by atoms with Crippen LogP contribution in [0.25, 0.3) is 0 Å². The van der Waals surface area contributed by atoms with Crippen molar-refractivity contribution in [3.63, 3.8) is 0 Å². The molecule has 156 valence electrons. The molecule has 0 atom stereocenters. The second kappa shape index (κ2) is 8.67. The maximum Gasteiger partial charge on any atom is 0.246 e. The smallest absolute Gasteiger partial charge is 0.246 e. The third kappa shape index (κ3) is 4.47. The molecule has 0 spiro atoms. The number of fused-ring (bicyclic) bond motifs is 1. The molecular formula is C19H23ClN4O3S2. The van der Waals surface area contributed by atoms with Gasteiger partial charge in [0.05, 0.1) is 5.69 Å². The summed E-state index contributed by atoms with van der Waals surface area (Å²) in [6.07, 6.45) is 7.97. The number of nitrogens with zero attached hydrogens (tertiary/aromatic N) is 3. The zero-order valence-corrected chi connectivity index (χ0v) is 18.3. The second-order valence-electron chi connectivity index (χ2n) is 7.41. The van der Waals surface area contributed by atoms with Crippen LogP contribution in [0.15, 0.2) is 23.2 Å². The average Bonchev–Trinajstić information content (AvgIpc) is 2.96. The number of thiazole rings is 1. The Morgan fingerprint density at radius 3 is 2.72 bits per heavy atom. The Balaban J connectivity index is 1.37. The standard InChI is InChI=1S/C19H23ClN4O3S2/c20-17-16(7-4-10-21-17)29(26,27)24-11-8-13(9-12-24)18(25)23-19-22-14-5-2-1-3-6-15(14)28-19/h4,7,10,13H,1-3,5-6,8-9,11-12H2,(H,22,23,25). The van der Waals surface area contributed by atoms with Gasteiger partial charge in [-0.3, -0.25) is 4.79 Å². The van der Waals surface area contributed by atoms with E-state index >= 15 is 0 Å². The first-order valence-electron chi connectivity index (χ1n) is 9.85. The number of piperidine rings is 1. The number of carbonyl (C=O) groups is 1. The Labute approximate surface area is 179 Å². The van der Waals surface area contributed by atoms with Crippen molar-refractivity contribution in [2.24, 2.45) is 5.92 Å². The number of amides is 1.